The molecule has 2 atom stereocenters. The maximum atomic E-state index is 3.79. The van der Waals surface area contributed by atoms with Crippen molar-refractivity contribution in [3.05, 3.63) is 35.4 Å². The Morgan fingerprint density at radius 1 is 0.952 bits per heavy atom. The molecule has 1 saturated carbocycles. The van der Waals surface area contributed by atoms with Crippen LogP contribution in [0.15, 0.2) is 24.3 Å². The van der Waals surface area contributed by atoms with Crippen LogP contribution in [0.25, 0.3) is 0 Å². The summed E-state index contributed by atoms with van der Waals surface area (Å²) in [7, 11) is 0. The first-order valence-corrected chi connectivity index (χ1v) is 8.88. The highest BCUT2D eigenvalue weighted by Gasteiger charge is 2.20. The first-order valence-electron chi connectivity index (χ1n) is 8.88. The summed E-state index contributed by atoms with van der Waals surface area (Å²) >= 11 is 0. The Balaban J connectivity index is 1.80. The van der Waals surface area contributed by atoms with Gasteiger partial charge >= 0.3 is 0 Å². The molecule has 1 aromatic rings. The maximum Gasteiger partial charge on any atom is 0.0208 e. The van der Waals surface area contributed by atoms with Gasteiger partial charge in [0.2, 0.25) is 0 Å². The number of benzene rings is 1. The summed E-state index contributed by atoms with van der Waals surface area (Å²) in [6.07, 6.45) is 6.94. The van der Waals surface area contributed by atoms with Crippen LogP contribution in [0.4, 0.5) is 0 Å². The third-order valence-electron chi connectivity index (χ3n) is 5.20. The molecule has 0 saturated heterocycles. The van der Waals surface area contributed by atoms with Gasteiger partial charge in [-0.2, -0.15) is 0 Å². The van der Waals surface area contributed by atoms with Gasteiger partial charge in [0.05, 0.1) is 0 Å². The Bertz CT molecular complexity index is 404. The Kier molecular flexibility index (Phi) is 6.29. The molecule has 1 aliphatic rings. The van der Waals surface area contributed by atoms with Crippen molar-refractivity contribution in [2.45, 2.75) is 78.3 Å². The third-order valence-corrected chi connectivity index (χ3v) is 5.20. The summed E-state index contributed by atoms with van der Waals surface area (Å²) in [5.74, 6) is 2.43. The molecule has 1 heteroatoms. The van der Waals surface area contributed by atoms with Gasteiger partial charge in [-0.05, 0) is 48.1 Å². The summed E-state index contributed by atoms with van der Waals surface area (Å²) in [5.41, 5.74) is 2.86. The van der Waals surface area contributed by atoms with E-state index in [2.05, 4.69) is 57.3 Å². The normalized spacial score (nSPS) is 23.5. The molecular weight excluding hydrogens is 254 g/mol. The topological polar surface area (TPSA) is 12.0 Å². The van der Waals surface area contributed by atoms with Crippen molar-refractivity contribution in [1.29, 1.82) is 0 Å². The summed E-state index contributed by atoms with van der Waals surface area (Å²) in [5, 5.41) is 3.79. The number of hydrogen-bond donors (Lipinski definition) is 1. The van der Waals surface area contributed by atoms with E-state index in [4.69, 9.17) is 0 Å². The fourth-order valence-electron chi connectivity index (χ4n) is 3.48. The van der Waals surface area contributed by atoms with E-state index in [1.165, 1.54) is 43.2 Å². The SMILES string of the molecule is CC(C)c1ccc(CNC2CCCC(C(C)C)CC2)cc1. The Labute approximate surface area is 131 Å². The molecule has 0 heterocycles. The highest BCUT2D eigenvalue weighted by molar-refractivity contribution is 5.24. The molecule has 0 bridgehead atoms. The van der Waals surface area contributed by atoms with E-state index >= 15 is 0 Å². The van der Waals surface area contributed by atoms with Gasteiger partial charge in [-0.25, -0.2) is 0 Å². The molecule has 1 aromatic carbocycles. The van der Waals surface area contributed by atoms with E-state index in [-0.39, 0.29) is 0 Å². The van der Waals surface area contributed by atoms with Gasteiger partial charge in [0.1, 0.15) is 0 Å². The maximum absolute atomic E-state index is 3.79. The van der Waals surface area contributed by atoms with E-state index in [0.29, 0.717) is 5.92 Å². The van der Waals surface area contributed by atoms with Crippen molar-refractivity contribution in [2.24, 2.45) is 11.8 Å². The minimum absolute atomic E-state index is 0.627. The second kappa shape index (κ2) is 7.98. The van der Waals surface area contributed by atoms with Crippen LogP contribution in [0.1, 0.15) is 76.8 Å². The van der Waals surface area contributed by atoms with Crippen LogP contribution >= 0.6 is 0 Å². The van der Waals surface area contributed by atoms with Crippen molar-refractivity contribution < 1.29 is 0 Å². The average Bonchev–Trinajstić information content (AvgIpc) is 2.71. The zero-order chi connectivity index (χ0) is 15.2. The Morgan fingerprint density at radius 3 is 2.29 bits per heavy atom. The van der Waals surface area contributed by atoms with E-state index in [1.807, 2.05) is 0 Å². The van der Waals surface area contributed by atoms with Gasteiger partial charge in [-0.3, -0.25) is 0 Å². The smallest absolute Gasteiger partial charge is 0.0208 e. The molecule has 2 unspecified atom stereocenters. The van der Waals surface area contributed by atoms with Gasteiger partial charge in [0, 0.05) is 12.6 Å². The molecule has 0 spiro atoms. The third kappa shape index (κ3) is 5.14. The summed E-state index contributed by atoms with van der Waals surface area (Å²) in [6, 6.07) is 9.86. The lowest BCUT2D eigenvalue weighted by Gasteiger charge is -2.19. The molecule has 21 heavy (non-hydrogen) atoms. The Hall–Kier alpha value is -0.820. The van der Waals surface area contributed by atoms with Crippen LogP contribution in [0.3, 0.4) is 0 Å². The van der Waals surface area contributed by atoms with Crippen LogP contribution in [0.5, 0.6) is 0 Å². The van der Waals surface area contributed by atoms with Crippen molar-refractivity contribution in [1.82, 2.24) is 5.32 Å². The predicted molar refractivity (Wildman–Crippen MR) is 92.6 cm³/mol. The molecule has 1 N–H and O–H groups in total. The monoisotopic (exact) mass is 287 g/mol. The Morgan fingerprint density at radius 2 is 1.67 bits per heavy atom. The van der Waals surface area contributed by atoms with Gasteiger partial charge in [0.25, 0.3) is 0 Å². The zero-order valence-corrected chi connectivity index (χ0v) is 14.4. The predicted octanol–water partition coefficient (Wildman–Crippen LogP) is 5.50. The zero-order valence-electron chi connectivity index (χ0n) is 14.4. The lowest BCUT2D eigenvalue weighted by Crippen LogP contribution is -2.28. The molecule has 1 aliphatic carbocycles. The lowest BCUT2D eigenvalue weighted by atomic mass is 9.89. The molecule has 2 rings (SSSR count). The second-order valence-electron chi connectivity index (χ2n) is 7.49. The standard InChI is InChI=1S/C20H33N/c1-15(2)18-6-5-7-20(13-12-18)21-14-17-8-10-19(11-9-17)16(3)4/h8-11,15-16,18,20-21H,5-7,12-14H2,1-4H3. The quantitative estimate of drug-likeness (QED) is 0.705. The lowest BCUT2D eigenvalue weighted by molar-refractivity contribution is 0.337. The highest BCUT2D eigenvalue weighted by Crippen LogP contribution is 2.28. The van der Waals surface area contributed by atoms with E-state index in [1.54, 1.807) is 0 Å². The molecule has 0 amide bonds. The second-order valence-corrected chi connectivity index (χ2v) is 7.49. The van der Waals surface area contributed by atoms with Gasteiger partial charge < -0.3 is 5.32 Å². The fraction of sp³-hybridized carbons (Fsp3) is 0.700. The van der Waals surface area contributed by atoms with Crippen LogP contribution in [0, 0.1) is 11.8 Å². The molecule has 118 valence electrons. The summed E-state index contributed by atoms with van der Waals surface area (Å²) < 4.78 is 0. The van der Waals surface area contributed by atoms with Gasteiger partial charge in [-0.15, -0.1) is 0 Å². The molecule has 0 radical (unpaired) electrons. The molecular formula is C20H33N. The van der Waals surface area contributed by atoms with Crippen molar-refractivity contribution >= 4 is 0 Å². The number of rotatable bonds is 5. The van der Waals surface area contributed by atoms with Crippen molar-refractivity contribution in [2.75, 3.05) is 0 Å². The number of nitrogens with one attached hydrogen (secondary N) is 1. The minimum atomic E-state index is 0.627. The van der Waals surface area contributed by atoms with Gasteiger partial charge in [-0.1, -0.05) is 64.8 Å². The first-order chi connectivity index (χ1) is 10.1. The van der Waals surface area contributed by atoms with Gasteiger partial charge in [0.15, 0.2) is 0 Å². The highest BCUT2D eigenvalue weighted by atomic mass is 14.9. The molecule has 1 fully saturated rings. The van der Waals surface area contributed by atoms with E-state index in [0.717, 1.165) is 24.4 Å². The van der Waals surface area contributed by atoms with Crippen LogP contribution in [-0.2, 0) is 6.54 Å². The fourth-order valence-corrected chi connectivity index (χ4v) is 3.48. The molecule has 0 aliphatic heterocycles. The molecule has 1 nitrogen and oxygen atoms in total. The van der Waals surface area contributed by atoms with Crippen LogP contribution in [0.2, 0.25) is 0 Å². The molecule has 0 aromatic heterocycles. The first kappa shape index (κ1) is 16.5. The number of hydrogen-bond acceptors (Lipinski definition) is 1. The average molecular weight is 287 g/mol. The van der Waals surface area contributed by atoms with Crippen LogP contribution in [-0.4, -0.2) is 6.04 Å². The summed E-state index contributed by atoms with van der Waals surface area (Å²) in [6.45, 7) is 10.3. The van der Waals surface area contributed by atoms with E-state index < -0.39 is 0 Å². The van der Waals surface area contributed by atoms with E-state index in [9.17, 15) is 0 Å². The van der Waals surface area contributed by atoms with Crippen LogP contribution < -0.4 is 5.32 Å². The largest absolute Gasteiger partial charge is 0.310 e. The summed E-state index contributed by atoms with van der Waals surface area (Å²) in [4.78, 5) is 0. The van der Waals surface area contributed by atoms with Crippen molar-refractivity contribution in [3.8, 4) is 0 Å². The van der Waals surface area contributed by atoms with Crippen molar-refractivity contribution in [3.63, 3.8) is 0 Å². The minimum Gasteiger partial charge on any atom is -0.310 e.